The molecule has 1 fully saturated rings. The second-order valence-corrected chi connectivity index (χ2v) is 9.36. The Morgan fingerprint density at radius 2 is 1.83 bits per heavy atom. The Labute approximate surface area is 220 Å². The fourth-order valence-corrected chi connectivity index (χ4v) is 4.23. The molecule has 0 aliphatic carbocycles. The summed E-state index contributed by atoms with van der Waals surface area (Å²) in [5, 5.41) is 2.74. The smallest absolute Gasteiger partial charge is 0.308 e. The zero-order chi connectivity index (χ0) is 25.8. The van der Waals surface area contributed by atoms with Gasteiger partial charge in [0.1, 0.15) is 30.8 Å². The van der Waals surface area contributed by atoms with Gasteiger partial charge in [0.25, 0.3) is 5.91 Å². The molecule has 0 spiro atoms. The second-order valence-electron chi connectivity index (χ2n) is 8.44. The van der Waals surface area contributed by atoms with E-state index in [4.69, 9.17) is 14.2 Å². The molecule has 1 saturated heterocycles. The van der Waals surface area contributed by atoms with Gasteiger partial charge in [-0.25, -0.2) is 0 Å². The van der Waals surface area contributed by atoms with Crippen molar-refractivity contribution in [3.63, 3.8) is 0 Å². The maximum atomic E-state index is 13.5. The van der Waals surface area contributed by atoms with Crippen LogP contribution in [0.15, 0.2) is 53.0 Å². The third-order valence-corrected chi connectivity index (χ3v) is 6.23. The molecular weight excluding hydrogens is 528 g/mol. The first-order valence-corrected chi connectivity index (χ1v) is 13.1. The van der Waals surface area contributed by atoms with E-state index < -0.39 is 12.0 Å². The fraction of sp³-hybridized carbons (Fsp3) is 0.444. The molecule has 1 N–H and O–H groups in total. The van der Waals surface area contributed by atoms with Crippen LogP contribution in [0.5, 0.6) is 11.5 Å². The maximum Gasteiger partial charge on any atom is 0.308 e. The van der Waals surface area contributed by atoms with Gasteiger partial charge in [-0.2, -0.15) is 0 Å². The summed E-state index contributed by atoms with van der Waals surface area (Å²) in [4.78, 5) is 40.1. The summed E-state index contributed by atoms with van der Waals surface area (Å²) >= 11 is 3.42. The Morgan fingerprint density at radius 3 is 2.61 bits per heavy atom. The molecule has 0 aromatic heterocycles. The van der Waals surface area contributed by atoms with Crippen LogP contribution in [0.25, 0.3) is 0 Å². The lowest BCUT2D eigenvalue weighted by Gasteiger charge is -2.35. The highest BCUT2D eigenvalue weighted by Gasteiger charge is 2.36. The van der Waals surface area contributed by atoms with Crippen LogP contribution in [-0.2, 0) is 14.3 Å². The molecule has 2 aromatic rings. The minimum Gasteiger partial charge on any atom is -0.493 e. The molecule has 1 atom stereocenters. The Hall–Kier alpha value is -3.07. The van der Waals surface area contributed by atoms with Gasteiger partial charge in [-0.1, -0.05) is 60.3 Å². The molecule has 8 nitrogen and oxygen atoms in total. The zero-order valence-electron chi connectivity index (χ0n) is 20.5. The van der Waals surface area contributed by atoms with Gasteiger partial charge in [-0.05, 0) is 36.8 Å². The number of piperazine rings is 1. The van der Waals surface area contributed by atoms with Crippen LogP contribution in [0.3, 0.4) is 0 Å². The molecule has 0 bridgehead atoms. The van der Waals surface area contributed by atoms with Gasteiger partial charge in [0.15, 0.2) is 0 Å². The molecule has 0 saturated carbocycles. The molecule has 9 heteroatoms. The summed E-state index contributed by atoms with van der Waals surface area (Å²) in [6.07, 6.45) is 3.97. The molecule has 2 amide bonds. The number of carbonyl (C=O) groups excluding carboxylic acids is 3. The molecule has 1 aliphatic rings. The van der Waals surface area contributed by atoms with Crippen molar-refractivity contribution in [1.29, 1.82) is 0 Å². The number of ether oxygens (including phenoxy) is 3. The van der Waals surface area contributed by atoms with E-state index in [-0.39, 0.29) is 38.0 Å². The fourth-order valence-electron chi connectivity index (χ4n) is 3.87. The van der Waals surface area contributed by atoms with Crippen molar-refractivity contribution < 1.29 is 28.6 Å². The van der Waals surface area contributed by atoms with E-state index in [2.05, 4.69) is 28.2 Å². The largest absolute Gasteiger partial charge is 0.493 e. The van der Waals surface area contributed by atoms with E-state index in [9.17, 15) is 14.4 Å². The number of hydrogen-bond acceptors (Lipinski definition) is 6. The summed E-state index contributed by atoms with van der Waals surface area (Å²) in [7, 11) is 0. The van der Waals surface area contributed by atoms with Crippen molar-refractivity contribution in [1.82, 2.24) is 10.2 Å². The topological polar surface area (TPSA) is 94.2 Å². The highest BCUT2D eigenvalue weighted by molar-refractivity contribution is 9.10. The average Bonchev–Trinajstić information content (AvgIpc) is 2.88. The Bertz CT molecular complexity index is 1020. The number of esters is 1. The summed E-state index contributed by atoms with van der Waals surface area (Å²) in [6.45, 7) is 3.46. The standard InChI is InChI=1S/C27H33BrN2O6/c1-2-3-4-8-15-35-24-12-11-20(28)18-22(24)27(33)30-14-13-29-26(32)23(30)19-25(31)36-17-16-34-21-9-6-5-7-10-21/h5-7,9-12,18,23H,2-4,8,13-17,19H2,1H3,(H,29,32). The number of rotatable bonds is 13. The zero-order valence-corrected chi connectivity index (χ0v) is 22.1. The predicted octanol–water partition coefficient (Wildman–Crippen LogP) is 4.36. The van der Waals surface area contributed by atoms with Crippen molar-refractivity contribution in [3.05, 3.63) is 58.6 Å². The molecule has 194 valence electrons. The highest BCUT2D eigenvalue weighted by atomic mass is 79.9. The Kier molecular flexibility index (Phi) is 11.1. The van der Waals surface area contributed by atoms with E-state index in [0.717, 1.165) is 30.2 Å². The number of hydrogen-bond donors (Lipinski definition) is 1. The van der Waals surface area contributed by atoms with Crippen molar-refractivity contribution in [2.45, 2.75) is 45.1 Å². The van der Waals surface area contributed by atoms with Crippen molar-refractivity contribution in [2.75, 3.05) is 32.9 Å². The highest BCUT2D eigenvalue weighted by Crippen LogP contribution is 2.27. The van der Waals surface area contributed by atoms with Crippen molar-refractivity contribution >= 4 is 33.7 Å². The molecule has 36 heavy (non-hydrogen) atoms. The van der Waals surface area contributed by atoms with E-state index >= 15 is 0 Å². The number of nitrogens with one attached hydrogen (secondary N) is 1. The Balaban J connectivity index is 1.61. The summed E-state index contributed by atoms with van der Waals surface area (Å²) in [6, 6.07) is 13.5. The summed E-state index contributed by atoms with van der Waals surface area (Å²) in [5.74, 6) is -0.184. The molecule has 1 unspecified atom stereocenters. The third kappa shape index (κ3) is 8.26. The maximum absolute atomic E-state index is 13.5. The monoisotopic (exact) mass is 560 g/mol. The Morgan fingerprint density at radius 1 is 1.03 bits per heavy atom. The van der Waals surface area contributed by atoms with Gasteiger partial charge in [0.05, 0.1) is 18.6 Å². The second kappa shape index (κ2) is 14.5. The lowest BCUT2D eigenvalue weighted by atomic mass is 10.1. The third-order valence-electron chi connectivity index (χ3n) is 5.74. The van der Waals surface area contributed by atoms with Crippen LogP contribution < -0.4 is 14.8 Å². The quantitative estimate of drug-likeness (QED) is 0.289. The minimum absolute atomic E-state index is 0.0393. The van der Waals surface area contributed by atoms with E-state index in [0.29, 0.717) is 30.2 Å². The number of amides is 2. The van der Waals surface area contributed by atoms with Gasteiger partial charge >= 0.3 is 5.97 Å². The number of para-hydroxylation sites is 1. The van der Waals surface area contributed by atoms with Gasteiger partial charge in [0, 0.05) is 17.6 Å². The van der Waals surface area contributed by atoms with E-state index in [1.807, 2.05) is 36.4 Å². The first kappa shape index (κ1) is 27.5. The lowest BCUT2D eigenvalue weighted by Crippen LogP contribution is -2.57. The van der Waals surface area contributed by atoms with Gasteiger partial charge < -0.3 is 24.4 Å². The van der Waals surface area contributed by atoms with Crippen molar-refractivity contribution in [3.8, 4) is 11.5 Å². The molecule has 0 radical (unpaired) electrons. The van der Waals surface area contributed by atoms with Crippen LogP contribution in [0.4, 0.5) is 0 Å². The molecule has 1 aliphatic heterocycles. The molecule has 3 rings (SSSR count). The number of carbonyl (C=O) groups is 3. The lowest BCUT2D eigenvalue weighted by molar-refractivity contribution is -0.148. The van der Waals surface area contributed by atoms with Crippen molar-refractivity contribution in [2.24, 2.45) is 0 Å². The number of benzene rings is 2. The SMILES string of the molecule is CCCCCCOc1ccc(Br)cc1C(=O)N1CCNC(=O)C1CC(=O)OCCOc1ccccc1. The van der Waals surface area contributed by atoms with Crippen LogP contribution >= 0.6 is 15.9 Å². The van der Waals surface area contributed by atoms with Crippen LogP contribution in [0.1, 0.15) is 49.4 Å². The summed E-state index contributed by atoms with van der Waals surface area (Å²) < 4.78 is 17.4. The van der Waals surface area contributed by atoms with Crippen LogP contribution in [0, 0.1) is 0 Å². The average molecular weight is 561 g/mol. The van der Waals surface area contributed by atoms with E-state index in [1.54, 1.807) is 12.1 Å². The molecular formula is C27H33BrN2O6. The van der Waals surface area contributed by atoms with Gasteiger partial charge in [-0.15, -0.1) is 0 Å². The molecule has 2 aromatic carbocycles. The number of halogens is 1. The predicted molar refractivity (Wildman–Crippen MR) is 139 cm³/mol. The number of unbranched alkanes of at least 4 members (excludes halogenated alkanes) is 3. The summed E-state index contributed by atoms with van der Waals surface area (Å²) in [5.41, 5.74) is 0.351. The first-order chi connectivity index (χ1) is 17.5. The van der Waals surface area contributed by atoms with E-state index in [1.165, 1.54) is 4.90 Å². The normalized spacial score (nSPS) is 15.2. The minimum atomic E-state index is -0.967. The number of nitrogens with zero attached hydrogens (tertiary/aromatic N) is 1. The molecule has 1 heterocycles. The van der Waals surface area contributed by atoms with Crippen LogP contribution in [-0.4, -0.2) is 61.6 Å². The van der Waals surface area contributed by atoms with Crippen LogP contribution in [0.2, 0.25) is 0 Å². The van der Waals surface area contributed by atoms with Gasteiger partial charge in [-0.3, -0.25) is 14.4 Å². The van der Waals surface area contributed by atoms with Gasteiger partial charge in [0.2, 0.25) is 5.91 Å². The first-order valence-electron chi connectivity index (χ1n) is 12.3.